The smallest absolute Gasteiger partial charge is 0.00358 e. The Hall–Kier alpha value is -0.0400. The van der Waals surface area contributed by atoms with E-state index >= 15 is 0 Å². The third kappa shape index (κ3) is 2.85. The molecule has 0 heterocycles. The predicted molar refractivity (Wildman–Crippen MR) is 40.5 cm³/mol. The molecular formula is C8H17N. The van der Waals surface area contributed by atoms with E-state index in [1.807, 2.05) is 7.05 Å². The van der Waals surface area contributed by atoms with Crippen molar-refractivity contribution < 1.29 is 0 Å². The van der Waals surface area contributed by atoms with Gasteiger partial charge in [0.25, 0.3) is 0 Å². The minimum Gasteiger partial charge on any atom is -0.317 e. The van der Waals surface area contributed by atoms with Gasteiger partial charge < -0.3 is 5.32 Å². The molecule has 1 N–H and O–H groups in total. The highest BCUT2D eigenvalue weighted by Gasteiger charge is 2.20. The average Bonchev–Trinajstić information content (AvgIpc) is 2.65. The Bertz CT molecular complexity index is 76.6. The van der Waals surface area contributed by atoms with Gasteiger partial charge in [0.1, 0.15) is 0 Å². The molecule has 0 aromatic carbocycles. The number of hydrogen-bond donors (Lipinski definition) is 1. The van der Waals surface area contributed by atoms with Crippen LogP contribution < -0.4 is 5.32 Å². The molecule has 0 aromatic rings. The summed E-state index contributed by atoms with van der Waals surface area (Å²) >= 11 is 0. The van der Waals surface area contributed by atoms with Crippen LogP contribution in [-0.4, -0.2) is 13.1 Å². The molecule has 9 heavy (non-hydrogen) atoms. The molecule has 1 saturated carbocycles. The van der Waals surface area contributed by atoms with Gasteiger partial charge in [-0.2, -0.15) is 0 Å². The van der Waals surface area contributed by atoms with Gasteiger partial charge in [0.05, 0.1) is 0 Å². The van der Waals surface area contributed by atoms with Gasteiger partial charge in [-0.3, -0.25) is 0 Å². The molecule has 0 bridgehead atoms. The first-order valence-corrected chi connectivity index (χ1v) is 4.00. The Morgan fingerprint density at radius 1 is 1.56 bits per heavy atom. The largest absolute Gasteiger partial charge is 0.317 e. The van der Waals surface area contributed by atoms with Crippen molar-refractivity contribution in [2.45, 2.75) is 38.6 Å². The normalized spacial score (nSPS) is 22.0. The summed E-state index contributed by atoms with van der Waals surface area (Å²) in [6.45, 7) is 2.25. The third-order valence-electron chi connectivity index (χ3n) is 2.20. The van der Waals surface area contributed by atoms with Crippen molar-refractivity contribution in [1.29, 1.82) is 0 Å². The van der Waals surface area contributed by atoms with Crippen LogP contribution >= 0.6 is 0 Å². The summed E-state index contributed by atoms with van der Waals surface area (Å²) in [5.41, 5.74) is 0. The standard InChI is InChI=1S/C8H17N/c1-7(9-2)3-4-8-5-6-8/h7-9H,3-6H2,1-2H3. The maximum absolute atomic E-state index is 3.25. The molecule has 0 aromatic heterocycles. The Morgan fingerprint density at radius 3 is 2.67 bits per heavy atom. The zero-order valence-electron chi connectivity index (χ0n) is 6.48. The fourth-order valence-electron chi connectivity index (χ4n) is 1.04. The van der Waals surface area contributed by atoms with Crippen LogP contribution in [0.4, 0.5) is 0 Å². The summed E-state index contributed by atoms with van der Waals surface area (Å²) < 4.78 is 0. The van der Waals surface area contributed by atoms with Gasteiger partial charge in [-0.25, -0.2) is 0 Å². The lowest BCUT2D eigenvalue weighted by atomic mass is 10.1. The summed E-state index contributed by atoms with van der Waals surface area (Å²) in [4.78, 5) is 0. The second-order valence-corrected chi connectivity index (χ2v) is 3.21. The second-order valence-electron chi connectivity index (χ2n) is 3.21. The minimum absolute atomic E-state index is 0.727. The quantitative estimate of drug-likeness (QED) is 0.607. The molecular weight excluding hydrogens is 110 g/mol. The van der Waals surface area contributed by atoms with Crippen LogP contribution in [0.15, 0.2) is 0 Å². The molecule has 1 aliphatic rings. The third-order valence-corrected chi connectivity index (χ3v) is 2.20. The Balaban J connectivity index is 1.90. The highest BCUT2D eigenvalue weighted by Crippen LogP contribution is 2.33. The van der Waals surface area contributed by atoms with E-state index in [2.05, 4.69) is 12.2 Å². The maximum atomic E-state index is 3.25. The molecule has 1 atom stereocenters. The van der Waals surface area contributed by atoms with E-state index in [1.165, 1.54) is 25.7 Å². The lowest BCUT2D eigenvalue weighted by Crippen LogP contribution is -2.20. The van der Waals surface area contributed by atoms with Gasteiger partial charge in [-0.15, -0.1) is 0 Å². The number of nitrogens with one attached hydrogen (secondary N) is 1. The van der Waals surface area contributed by atoms with Gasteiger partial charge in [-0.05, 0) is 32.7 Å². The van der Waals surface area contributed by atoms with Crippen LogP contribution in [0.5, 0.6) is 0 Å². The van der Waals surface area contributed by atoms with Crippen LogP contribution in [0.25, 0.3) is 0 Å². The summed E-state index contributed by atoms with van der Waals surface area (Å²) in [5.74, 6) is 1.10. The van der Waals surface area contributed by atoms with Gasteiger partial charge >= 0.3 is 0 Å². The van der Waals surface area contributed by atoms with Crippen molar-refractivity contribution in [2.24, 2.45) is 5.92 Å². The van der Waals surface area contributed by atoms with Crippen LogP contribution in [0.3, 0.4) is 0 Å². The van der Waals surface area contributed by atoms with Gasteiger partial charge in [-0.1, -0.05) is 12.8 Å². The van der Waals surface area contributed by atoms with Crippen molar-refractivity contribution in [3.63, 3.8) is 0 Å². The summed E-state index contributed by atoms with van der Waals surface area (Å²) in [7, 11) is 2.04. The average molecular weight is 127 g/mol. The Kier molecular flexibility index (Phi) is 2.52. The van der Waals surface area contributed by atoms with Crippen LogP contribution in [0.1, 0.15) is 32.6 Å². The van der Waals surface area contributed by atoms with Gasteiger partial charge in [0, 0.05) is 6.04 Å². The van der Waals surface area contributed by atoms with Crippen molar-refractivity contribution in [1.82, 2.24) is 5.32 Å². The van der Waals surface area contributed by atoms with E-state index in [-0.39, 0.29) is 0 Å². The van der Waals surface area contributed by atoms with Gasteiger partial charge in [0.2, 0.25) is 0 Å². The van der Waals surface area contributed by atoms with E-state index in [9.17, 15) is 0 Å². The number of hydrogen-bond acceptors (Lipinski definition) is 1. The lowest BCUT2D eigenvalue weighted by molar-refractivity contribution is 0.520. The zero-order valence-corrected chi connectivity index (χ0v) is 6.48. The first-order chi connectivity index (χ1) is 4.33. The molecule has 0 spiro atoms. The maximum Gasteiger partial charge on any atom is 0.00358 e. The highest BCUT2D eigenvalue weighted by atomic mass is 14.8. The van der Waals surface area contributed by atoms with Gasteiger partial charge in [0.15, 0.2) is 0 Å². The highest BCUT2D eigenvalue weighted by molar-refractivity contribution is 4.74. The monoisotopic (exact) mass is 127 g/mol. The van der Waals surface area contributed by atoms with Crippen LogP contribution in [0.2, 0.25) is 0 Å². The molecule has 0 aliphatic heterocycles. The molecule has 1 unspecified atom stereocenters. The van der Waals surface area contributed by atoms with Crippen molar-refractivity contribution in [2.75, 3.05) is 7.05 Å². The van der Waals surface area contributed by atoms with E-state index in [0.29, 0.717) is 0 Å². The molecule has 1 fully saturated rings. The topological polar surface area (TPSA) is 12.0 Å². The van der Waals surface area contributed by atoms with E-state index in [4.69, 9.17) is 0 Å². The van der Waals surface area contributed by atoms with E-state index < -0.39 is 0 Å². The molecule has 1 rings (SSSR count). The summed E-state index contributed by atoms with van der Waals surface area (Å²) in [6, 6.07) is 0.727. The Morgan fingerprint density at radius 2 is 2.22 bits per heavy atom. The van der Waals surface area contributed by atoms with E-state index in [0.717, 1.165) is 12.0 Å². The molecule has 54 valence electrons. The summed E-state index contributed by atoms with van der Waals surface area (Å²) in [6.07, 6.45) is 5.80. The molecule has 0 radical (unpaired) electrons. The predicted octanol–water partition coefficient (Wildman–Crippen LogP) is 1.78. The second kappa shape index (κ2) is 3.21. The first kappa shape index (κ1) is 7.07. The van der Waals surface area contributed by atoms with Crippen LogP contribution in [0, 0.1) is 5.92 Å². The number of rotatable bonds is 4. The molecule has 0 amide bonds. The van der Waals surface area contributed by atoms with Crippen molar-refractivity contribution >= 4 is 0 Å². The van der Waals surface area contributed by atoms with E-state index in [1.54, 1.807) is 0 Å². The zero-order chi connectivity index (χ0) is 6.69. The summed E-state index contributed by atoms with van der Waals surface area (Å²) in [5, 5.41) is 3.25. The fraction of sp³-hybridized carbons (Fsp3) is 1.00. The van der Waals surface area contributed by atoms with Crippen molar-refractivity contribution in [3.8, 4) is 0 Å². The molecule has 1 heteroatoms. The molecule has 1 nitrogen and oxygen atoms in total. The fourth-order valence-corrected chi connectivity index (χ4v) is 1.04. The lowest BCUT2D eigenvalue weighted by Gasteiger charge is -2.07. The minimum atomic E-state index is 0.727. The van der Waals surface area contributed by atoms with Crippen LogP contribution in [-0.2, 0) is 0 Å². The molecule has 0 saturated heterocycles. The Labute approximate surface area is 57.8 Å². The van der Waals surface area contributed by atoms with Crippen molar-refractivity contribution in [3.05, 3.63) is 0 Å². The SMILES string of the molecule is CNC(C)CCC1CC1. The first-order valence-electron chi connectivity index (χ1n) is 4.00. The molecule has 1 aliphatic carbocycles.